The molecule has 0 aliphatic carbocycles. The maximum absolute atomic E-state index is 13.7. The van der Waals surface area contributed by atoms with E-state index in [0.717, 1.165) is 40.0 Å². The average Bonchev–Trinajstić information content (AvgIpc) is 2.49. The van der Waals surface area contributed by atoms with Gasteiger partial charge in [-0.25, -0.2) is 9.37 Å². The first-order valence-corrected chi connectivity index (χ1v) is 7.09. The smallest absolute Gasteiger partial charge is 0.124 e. The zero-order valence-corrected chi connectivity index (χ0v) is 12.2. The van der Waals surface area contributed by atoms with Crippen LogP contribution in [-0.2, 0) is 0 Å². The maximum Gasteiger partial charge on any atom is 0.124 e. The SMILES string of the molecule is CCNc1cc(-c2ccccc2)nc2c(C)cc(F)cc12. The van der Waals surface area contributed by atoms with Crippen molar-refractivity contribution < 1.29 is 4.39 Å². The monoisotopic (exact) mass is 280 g/mol. The van der Waals surface area contributed by atoms with E-state index in [1.807, 2.05) is 50.2 Å². The molecule has 21 heavy (non-hydrogen) atoms. The molecule has 106 valence electrons. The van der Waals surface area contributed by atoms with E-state index in [1.54, 1.807) is 6.07 Å². The lowest BCUT2D eigenvalue weighted by Gasteiger charge is -2.12. The molecule has 1 aromatic heterocycles. The largest absolute Gasteiger partial charge is 0.385 e. The predicted molar refractivity (Wildman–Crippen MR) is 86.0 cm³/mol. The fourth-order valence-electron chi connectivity index (χ4n) is 2.55. The van der Waals surface area contributed by atoms with E-state index in [0.29, 0.717) is 0 Å². The zero-order valence-electron chi connectivity index (χ0n) is 12.2. The summed E-state index contributed by atoms with van der Waals surface area (Å²) in [5, 5.41) is 4.14. The first-order chi connectivity index (χ1) is 10.2. The van der Waals surface area contributed by atoms with Crippen molar-refractivity contribution in [3.63, 3.8) is 0 Å². The van der Waals surface area contributed by atoms with Gasteiger partial charge in [-0.2, -0.15) is 0 Å². The molecule has 0 saturated carbocycles. The van der Waals surface area contributed by atoms with Crippen LogP contribution in [0.25, 0.3) is 22.2 Å². The van der Waals surface area contributed by atoms with E-state index >= 15 is 0 Å². The number of aromatic nitrogens is 1. The molecule has 1 N–H and O–H groups in total. The van der Waals surface area contributed by atoms with Gasteiger partial charge in [-0.3, -0.25) is 0 Å². The van der Waals surface area contributed by atoms with Crippen molar-refractivity contribution in [1.82, 2.24) is 4.98 Å². The van der Waals surface area contributed by atoms with Gasteiger partial charge in [0.25, 0.3) is 0 Å². The highest BCUT2D eigenvalue weighted by atomic mass is 19.1. The van der Waals surface area contributed by atoms with Gasteiger partial charge in [-0.1, -0.05) is 30.3 Å². The molecule has 0 aliphatic heterocycles. The quantitative estimate of drug-likeness (QED) is 0.746. The molecule has 0 aliphatic rings. The number of hydrogen-bond donors (Lipinski definition) is 1. The highest BCUT2D eigenvalue weighted by Gasteiger charge is 2.10. The van der Waals surface area contributed by atoms with E-state index in [9.17, 15) is 4.39 Å². The summed E-state index contributed by atoms with van der Waals surface area (Å²) in [5.74, 6) is -0.228. The van der Waals surface area contributed by atoms with E-state index in [2.05, 4.69) is 5.32 Å². The molecule has 0 radical (unpaired) electrons. The number of benzene rings is 2. The zero-order chi connectivity index (χ0) is 14.8. The number of aryl methyl sites for hydroxylation is 1. The Kier molecular flexibility index (Phi) is 3.57. The number of rotatable bonds is 3. The van der Waals surface area contributed by atoms with Gasteiger partial charge in [-0.15, -0.1) is 0 Å². The third kappa shape index (κ3) is 2.59. The van der Waals surface area contributed by atoms with Gasteiger partial charge in [0.2, 0.25) is 0 Å². The highest BCUT2D eigenvalue weighted by Crippen LogP contribution is 2.30. The number of halogens is 1. The molecule has 2 aromatic carbocycles. The summed E-state index contributed by atoms with van der Waals surface area (Å²) in [7, 11) is 0. The summed E-state index contributed by atoms with van der Waals surface area (Å²) in [4.78, 5) is 4.72. The van der Waals surface area contributed by atoms with Crippen LogP contribution in [0.1, 0.15) is 12.5 Å². The van der Waals surface area contributed by atoms with Crippen molar-refractivity contribution in [2.75, 3.05) is 11.9 Å². The second kappa shape index (κ2) is 5.52. The fourth-order valence-corrected chi connectivity index (χ4v) is 2.55. The fraction of sp³-hybridized carbons (Fsp3) is 0.167. The molecule has 1 heterocycles. The Balaban J connectivity index is 2.29. The van der Waals surface area contributed by atoms with Gasteiger partial charge in [0, 0.05) is 23.2 Å². The molecule has 2 nitrogen and oxygen atoms in total. The van der Waals surface area contributed by atoms with Crippen molar-refractivity contribution in [2.24, 2.45) is 0 Å². The first-order valence-electron chi connectivity index (χ1n) is 7.09. The summed E-state index contributed by atoms with van der Waals surface area (Å²) in [5.41, 5.74) is 4.57. The van der Waals surface area contributed by atoms with Crippen LogP contribution in [0.2, 0.25) is 0 Å². The molecule has 0 fully saturated rings. The molecular weight excluding hydrogens is 263 g/mol. The Labute approximate surface area is 123 Å². The molecule has 0 atom stereocenters. The molecule has 3 rings (SSSR count). The average molecular weight is 280 g/mol. The minimum absolute atomic E-state index is 0.228. The van der Waals surface area contributed by atoms with Crippen LogP contribution >= 0.6 is 0 Å². The minimum atomic E-state index is -0.228. The lowest BCUT2D eigenvalue weighted by Crippen LogP contribution is -2.00. The van der Waals surface area contributed by atoms with Gasteiger partial charge in [0.15, 0.2) is 0 Å². The topological polar surface area (TPSA) is 24.9 Å². The van der Waals surface area contributed by atoms with Crippen molar-refractivity contribution in [3.05, 3.63) is 59.9 Å². The number of nitrogens with zero attached hydrogens (tertiary/aromatic N) is 1. The Morgan fingerprint density at radius 2 is 1.86 bits per heavy atom. The third-order valence-corrected chi connectivity index (χ3v) is 3.51. The maximum atomic E-state index is 13.7. The number of hydrogen-bond acceptors (Lipinski definition) is 2. The highest BCUT2D eigenvalue weighted by molar-refractivity contribution is 5.95. The van der Waals surface area contributed by atoms with Gasteiger partial charge < -0.3 is 5.32 Å². The molecule has 0 saturated heterocycles. The van der Waals surface area contributed by atoms with Crippen LogP contribution in [0, 0.1) is 12.7 Å². The summed E-state index contributed by atoms with van der Waals surface area (Å²) >= 11 is 0. The standard InChI is InChI=1S/C18H17FN2/c1-3-20-17-11-16(13-7-5-4-6-8-13)21-18-12(2)9-14(19)10-15(17)18/h4-11H,3H2,1-2H3,(H,20,21). The van der Waals surface area contributed by atoms with Crippen LogP contribution in [-0.4, -0.2) is 11.5 Å². The number of nitrogens with one attached hydrogen (secondary N) is 1. The van der Waals surface area contributed by atoms with E-state index in [-0.39, 0.29) is 5.82 Å². The molecule has 0 bridgehead atoms. The van der Waals surface area contributed by atoms with Crippen LogP contribution < -0.4 is 5.32 Å². The summed E-state index contributed by atoms with van der Waals surface area (Å²) in [6, 6.07) is 15.1. The molecular formula is C18H17FN2. The molecule has 3 heteroatoms. The van der Waals surface area contributed by atoms with Crippen molar-refractivity contribution in [3.8, 4) is 11.3 Å². The lowest BCUT2D eigenvalue weighted by atomic mass is 10.0. The Morgan fingerprint density at radius 3 is 2.57 bits per heavy atom. The van der Waals surface area contributed by atoms with Gasteiger partial charge >= 0.3 is 0 Å². The van der Waals surface area contributed by atoms with Crippen molar-refractivity contribution in [2.45, 2.75) is 13.8 Å². The Hall–Kier alpha value is -2.42. The van der Waals surface area contributed by atoms with E-state index < -0.39 is 0 Å². The number of fused-ring (bicyclic) bond motifs is 1. The van der Waals surface area contributed by atoms with Gasteiger partial charge in [-0.05, 0) is 37.6 Å². The Bertz CT molecular complexity index is 782. The van der Waals surface area contributed by atoms with Crippen LogP contribution in [0.4, 0.5) is 10.1 Å². The first kappa shape index (κ1) is 13.6. The van der Waals surface area contributed by atoms with Crippen molar-refractivity contribution >= 4 is 16.6 Å². The normalized spacial score (nSPS) is 10.8. The van der Waals surface area contributed by atoms with Gasteiger partial charge in [0.1, 0.15) is 5.82 Å². The van der Waals surface area contributed by atoms with Gasteiger partial charge in [0.05, 0.1) is 11.2 Å². The second-order valence-corrected chi connectivity index (χ2v) is 5.07. The Morgan fingerprint density at radius 1 is 1.10 bits per heavy atom. The predicted octanol–water partition coefficient (Wildman–Crippen LogP) is 4.78. The van der Waals surface area contributed by atoms with E-state index in [1.165, 1.54) is 6.07 Å². The summed E-state index contributed by atoms with van der Waals surface area (Å²) in [6.45, 7) is 4.70. The number of anilines is 1. The molecule has 3 aromatic rings. The van der Waals surface area contributed by atoms with Crippen molar-refractivity contribution in [1.29, 1.82) is 0 Å². The van der Waals surface area contributed by atoms with Crippen LogP contribution in [0.3, 0.4) is 0 Å². The molecule has 0 amide bonds. The van der Waals surface area contributed by atoms with E-state index in [4.69, 9.17) is 4.98 Å². The second-order valence-electron chi connectivity index (χ2n) is 5.07. The molecule has 0 unspecified atom stereocenters. The summed E-state index contributed by atoms with van der Waals surface area (Å²) in [6.07, 6.45) is 0. The third-order valence-electron chi connectivity index (χ3n) is 3.51. The number of pyridine rings is 1. The molecule has 0 spiro atoms. The summed E-state index contributed by atoms with van der Waals surface area (Å²) < 4.78 is 13.7. The van der Waals surface area contributed by atoms with Crippen LogP contribution in [0.5, 0.6) is 0 Å². The minimum Gasteiger partial charge on any atom is -0.385 e. The van der Waals surface area contributed by atoms with Crippen LogP contribution in [0.15, 0.2) is 48.5 Å². The lowest BCUT2D eigenvalue weighted by molar-refractivity contribution is 0.628.